The van der Waals surface area contributed by atoms with Crippen LogP contribution in [-0.2, 0) is 16.1 Å². The Balaban J connectivity index is 1.65. The fourth-order valence-electron chi connectivity index (χ4n) is 4.43. The van der Waals surface area contributed by atoms with Crippen molar-refractivity contribution >= 4 is 5.91 Å². The first-order valence-electron chi connectivity index (χ1n) is 9.20. The van der Waals surface area contributed by atoms with Crippen molar-refractivity contribution in [2.45, 2.75) is 64.2 Å². The van der Waals surface area contributed by atoms with Gasteiger partial charge < -0.3 is 14.8 Å². The molecule has 1 amide bonds. The fraction of sp³-hybridized carbons (Fsp3) is 0.650. The molecule has 1 aromatic rings. The number of carbonyl (C=O) groups excluding carboxylic acids is 1. The molecule has 0 saturated heterocycles. The van der Waals surface area contributed by atoms with E-state index in [9.17, 15) is 4.79 Å². The number of carbonyl (C=O) groups is 1. The molecule has 2 atom stereocenters. The molecule has 24 heavy (non-hydrogen) atoms. The van der Waals surface area contributed by atoms with Crippen LogP contribution in [0.15, 0.2) is 24.3 Å². The summed E-state index contributed by atoms with van der Waals surface area (Å²) in [5.74, 6) is 0.0314. The first kappa shape index (κ1) is 17.4. The van der Waals surface area contributed by atoms with E-state index in [1.807, 2.05) is 24.3 Å². The first-order valence-corrected chi connectivity index (χ1v) is 9.20. The van der Waals surface area contributed by atoms with Gasteiger partial charge >= 0.3 is 0 Å². The molecule has 1 aromatic carbocycles. The highest BCUT2D eigenvalue weighted by Crippen LogP contribution is 2.53. The highest BCUT2D eigenvalue weighted by Gasteiger charge is 2.56. The van der Waals surface area contributed by atoms with Crippen molar-refractivity contribution in [2.24, 2.45) is 5.41 Å². The van der Waals surface area contributed by atoms with E-state index in [1.165, 1.54) is 32.1 Å². The number of benzene rings is 1. The summed E-state index contributed by atoms with van der Waals surface area (Å²) >= 11 is 0. The number of ether oxygens (including phenoxy) is 2. The lowest BCUT2D eigenvalue weighted by Crippen LogP contribution is -2.65. The van der Waals surface area contributed by atoms with Gasteiger partial charge in [0.1, 0.15) is 0 Å². The van der Waals surface area contributed by atoms with Crippen LogP contribution in [0.2, 0.25) is 0 Å². The van der Waals surface area contributed by atoms with Crippen molar-refractivity contribution in [1.82, 2.24) is 5.32 Å². The van der Waals surface area contributed by atoms with E-state index >= 15 is 0 Å². The summed E-state index contributed by atoms with van der Waals surface area (Å²) in [5, 5.41) is 3.28. The van der Waals surface area contributed by atoms with E-state index in [-0.39, 0.29) is 17.4 Å². The Morgan fingerprint density at radius 3 is 2.54 bits per heavy atom. The van der Waals surface area contributed by atoms with E-state index in [0.717, 1.165) is 24.2 Å². The lowest BCUT2D eigenvalue weighted by atomic mass is 9.55. The van der Waals surface area contributed by atoms with Gasteiger partial charge in [-0.25, -0.2) is 0 Å². The zero-order valence-corrected chi connectivity index (χ0v) is 14.8. The Labute approximate surface area is 144 Å². The minimum atomic E-state index is 0.0314. The molecule has 0 aliphatic heterocycles. The topological polar surface area (TPSA) is 47.6 Å². The second-order valence-corrected chi connectivity index (χ2v) is 7.13. The number of methoxy groups -OCH3 is 1. The molecule has 0 unspecified atom stereocenters. The van der Waals surface area contributed by atoms with Gasteiger partial charge in [0.25, 0.3) is 5.91 Å². The van der Waals surface area contributed by atoms with Crippen molar-refractivity contribution in [2.75, 3.05) is 13.7 Å². The lowest BCUT2D eigenvalue weighted by Gasteiger charge is -2.57. The average molecular weight is 331 g/mol. The molecule has 0 aromatic heterocycles. The minimum Gasteiger partial charge on any atom is -0.380 e. The molecule has 1 spiro atoms. The third-order valence-corrected chi connectivity index (χ3v) is 5.77. The molecule has 2 fully saturated rings. The highest BCUT2D eigenvalue weighted by molar-refractivity contribution is 5.94. The van der Waals surface area contributed by atoms with Crippen LogP contribution in [0.4, 0.5) is 0 Å². The van der Waals surface area contributed by atoms with Gasteiger partial charge in [0.2, 0.25) is 0 Å². The Morgan fingerprint density at radius 2 is 1.92 bits per heavy atom. The molecule has 4 nitrogen and oxygen atoms in total. The third kappa shape index (κ3) is 3.35. The van der Waals surface area contributed by atoms with E-state index in [4.69, 9.17) is 9.47 Å². The number of nitrogens with one attached hydrogen (secondary N) is 1. The molecule has 1 N–H and O–H groups in total. The molecule has 3 rings (SSSR count). The summed E-state index contributed by atoms with van der Waals surface area (Å²) < 4.78 is 11.1. The number of rotatable bonds is 6. The normalized spacial score (nSPS) is 25.2. The molecule has 0 bridgehead atoms. The maximum atomic E-state index is 12.6. The van der Waals surface area contributed by atoms with Crippen LogP contribution < -0.4 is 5.32 Å². The predicted octanol–water partition coefficient (Wildman–Crippen LogP) is 3.69. The van der Waals surface area contributed by atoms with E-state index in [0.29, 0.717) is 12.7 Å². The monoisotopic (exact) mass is 331 g/mol. The maximum absolute atomic E-state index is 12.6. The molecular formula is C20H29NO3. The molecular weight excluding hydrogens is 302 g/mol. The van der Waals surface area contributed by atoms with Gasteiger partial charge in [-0.3, -0.25) is 4.79 Å². The summed E-state index contributed by atoms with van der Waals surface area (Å²) in [6.07, 6.45) is 7.43. The quantitative estimate of drug-likeness (QED) is 0.865. The molecule has 4 heteroatoms. The fourth-order valence-corrected chi connectivity index (χ4v) is 4.43. The van der Waals surface area contributed by atoms with E-state index in [2.05, 4.69) is 12.2 Å². The standard InChI is InChI=1S/C20H29NO3/c1-3-24-18-13-17(20(18)11-5-4-6-12-20)21-19(22)16-9-7-15(8-10-16)14-23-2/h7-10,17-18H,3-6,11-14H2,1-2H3,(H,21,22)/t17-,18-/m1/s1. The summed E-state index contributed by atoms with van der Waals surface area (Å²) in [6.45, 7) is 3.39. The van der Waals surface area contributed by atoms with Crippen molar-refractivity contribution in [3.8, 4) is 0 Å². The van der Waals surface area contributed by atoms with Crippen LogP contribution in [0.3, 0.4) is 0 Å². The van der Waals surface area contributed by atoms with Gasteiger partial charge in [-0.1, -0.05) is 31.4 Å². The van der Waals surface area contributed by atoms with Crippen LogP contribution in [0.25, 0.3) is 0 Å². The number of amides is 1. The predicted molar refractivity (Wildman–Crippen MR) is 94.0 cm³/mol. The number of hydrogen-bond acceptors (Lipinski definition) is 3. The molecule has 132 valence electrons. The Hall–Kier alpha value is -1.39. The molecule has 2 aliphatic carbocycles. The van der Waals surface area contributed by atoms with Crippen molar-refractivity contribution < 1.29 is 14.3 Å². The third-order valence-electron chi connectivity index (χ3n) is 5.77. The first-order chi connectivity index (χ1) is 11.7. The van der Waals surface area contributed by atoms with Crippen molar-refractivity contribution in [3.63, 3.8) is 0 Å². The van der Waals surface area contributed by atoms with Crippen LogP contribution in [0, 0.1) is 5.41 Å². The van der Waals surface area contributed by atoms with Crippen molar-refractivity contribution in [1.29, 1.82) is 0 Å². The molecule has 2 aliphatic rings. The summed E-state index contributed by atoms with van der Waals surface area (Å²) in [5.41, 5.74) is 1.97. The second kappa shape index (κ2) is 7.66. The van der Waals surface area contributed by atoms with Gasteiger partial charge in [-0.2, -0.15) is 0 Å². The van der Waals surface area contributed by atoms with Gasteiger partial charge in [-0.05, 0) is 43.9 Å². The highest BCUT2D eigenvalue weighted by atomic mass is 16.5. The minimum absolute atomic E-state index is 0.0314. The lowest BCUT2D eigenvalue weighted by molar-refractivity contribution is -0.146. The zero-order valence-electron chi connectivity index (χ0n) is 14.8. The van der Waals surface area contributed by atoms with Crippen LogP contribution >= 0.6 is 0 Å². The average Bonchev–Trinajstić information content (AvgIpc) is 2.62. The van der Waals surface area contributed by atoms with Crippen LogP contribution in [-0.4, -0.2) is 31.8 Å². The van der Waals surface area contributed by atoms with Gasteiger partial charge in [-0.15, -0.1) is 0 Å². The number of hydrogen-bond donors (Lipinski definition) is 1. The van der Waals surface area contributed by atoms with E-state index in [1.54, 1.807) is 7.11 Å². The largest absolute Gasteiger partial charge is 0.380 e. The summed E-state index contributed by atoms with van der Waals surface area (Å²) in [6, 6.07) is 7.93. The van der Waals surface area contributed by atoms with Gasteiger partial charge in [0, 0.05) is 30.7 Å². The molecule has 2 saturated carbocycles. The Kier molecular flexibility index (Phi) is 5.57. The smallest absolute Gasteiger partial charge is 0.251 e. The SMILES string of the molecule is CCO[C@@H]1C[C@@H](NC(=O)c2ccc(COC)cc2)C12CCCCC2. The second-order valence-electron chi connectivity index (χ2n) is 7.13. The molecule has 0 radical (unpaired) electrons. The van der Waals surface area contributed by atoms with E-state index < -0.39 is 0 Å². The maximum Gasteiger partial charge on any atom is 0.251 e. The van der Waals surface area contributed by atoms with Crippen LogP contribution in [0.5, 0.6) is 0 Å². The molecule has 0 heterocycles. The Bertz CT molecular complexity index is 549. The van der Waals surface area contributed by atoms with Gasteiger partial charge in [0.15, 0.2) is 0 Å². The summed E-state index contributed by atoms with van der Waals surface area (Å²) in [7, 11) is 1.68. The van der Waals surface area contributed by atoms with Gasteiger partial charge in [0.05, 0.1) is 12.7 Å². The summed E-state index contributed by atoms with van der Waals surface area (Å²) in [4.78, 5) is 12.6. The zero-order chi connectivity index (χ0) is 17.0. The van der Waals surface area contributed by atoms with Crippen LogP contribution in [0.1, 0.15) is 61.4 Å². The Morgan fingerprint density at radius 1 is 1.21 bits per heavy atom. The van der Waals surface area contributed by atoms with Crippen molar-refractivity contribution in [3.05, 3.63) is 35.4 Å².